The third kappa shape index (κ3) is 4.67. The smallest absolute Gasteiger partial charge is 0.119 e. The number of allylic oxidation sites excluding steroid dienone is 1. The van der Waals surface area contributed by atoms with Gasteiger partial charge in [-0.05, 0) is 77.2 Å². The second-order valence-corrected chi connectivity index (χ2v) is 7.82. The number of likely N-dealkylation sites (N-methyl/N-ethyl adjacent to an activating group) is 1. The number of methoxy groups -OCH3 is 1. The van der Waals surface area contributed by atoms with E-state index in [1.807, 2.05) is 0 Å². The fraction of sp³-hybridized carbons (Fsp3) is 0.286. The van der Waals surface area contributed by atoms with Crippen molar-refractivity contribution in [1.82, 2.24) is 4.90 Å². The highest BCUT2D eigenvalue weighted by atomic mass is 16.5. The predicted molar refractivity (Wildman–Crippen MR) is 129 cm³/mol. The van der Waals surface area contributed by atoms with Crippen LogP contribution in [0.4, 0.5) is 0 Å². The highest BCUT2D eigenvalue weighted by Crippen LogP contribution is 2.43. The second kappa shape index (κ2) is 9.84. The van der Waals surface area contributed by atoms with E-state index in [1.54, 1.807) is 7.11 Å². The average Bonchev–Trinajstić information content (AvgIpc) is 3.21. The minimum atomic E-state index is 0.707. The van der Waals surface area contributed by atoms with Crippen molar-refractivity contribution in [3.63, 3.8) is 0 Å². The van der Waals surface area contributed by atoms with E-state index in [4.69, 9.17) is 9.47 Å². The van der Waals surface area contributed by atoms with Crippen LogP contribution in [0.3, 0.4) is 0 Å². The van der Waals surface area contributed by atoms with Crippen molar-refractivity contribution in [2.75, 3.05) is 33.4 Å². The van der Waals surface area contributed by atoms with Crippen LogP contribution in [0.2, 0.25) is 0 Å². The first-order valence-electron chi connectivity index (χ1n) is 11.1. The second-order valence-electron chi connectivity index (χ2n) is 7.82. The van der Waals surface area contributed by atoms with Gasteiger partial charge in [-0.15, -0.1) is 0 Å². The molecule has 3 aromatic rings. The molecule has 0 unspecified atom stereocenters. The molecule has 0 aromatic heterocycles. The Morgan fingerprint density at radius 1 is 0.806 bits per heavy atom. The highest BCUT2D eigenvalue weighted by molar-refractivity contribution is 6.04. The van der Waals surface area contributed by atoms with Gasteiger partial charge in [-0.2, -0.15) is 0 Å². The molecule has 0 radical (unpaired) electrons. The number of fused-ring (bicyclic) bond motifs is 1. The molecule has 0 aliphatic heterocycles. The summed E-state index contributed by atoms with van der Waals surface area (Å²) in [5.74, 6) is 1.81. The van der Waals surface area contributed by atoms with E-state index in [0.717, 1.165) is 37.6 Å². The van der Waals surface area contributed by atoms with Gasteiger partial charge in [0, 0.05) is 6.54 Å². The zero-order valence-corrected chi connectivity index (χ0v) is 18.7. The van der Waals surface area contributed by atoms with Crippen molar-refractivity contribution >= 4 is 11.1 Å². The van der Waals surface area contributed by atoms with Crippen LogP contribution in [-0.4, -0.2) is 38.3 Å². The predicted octanol–water partition coefficient (Wildman–Crippen LogP) is 5.93. The van der Waals surface area contributed by atoms with Gasteiger partial charge in [-0.3, -0.25) is 0 Å². The summed E-state index contributed by atoms with van der Waals surface area (Å²) < 4.78 is 11.5. The average molecular weight is 414 g/mol. The number of nitrogens with zero attached hydrogens (tertiary/aromatic N) is 1. The maximum atomic E-state index is 6.00. The lowest BCUT2D eigenvalue weighted by Crippen LogP contribution is -2.27. The SMILES string of the molecule is CCN(CC)CCOc1ccc(C2=C(c3ccccc3)Cc3ccc(OC)cc32)cc1. The van der Waals surface area contributed by atoms with E-state index in [9.17, 15) is 0 Å². The van der Waals surface area contributed by atoms with Gasteiger partial charge in [0.05, 0.1) is 7.11 Å². The van der Waals surface area contributed by atoms with Crippen LogP contribution in [0, 0.1) is 0 Å². The van der Waals surface area contributed by atoms with Crippen LogP contribution in [0.25, 0.3) is 11.1 Å². The van der Waals surface area contributed by atoms with Crippen LogP contribution < -0.4 is 9.47 Å². The van der Waals surface area contributed by atoms with Gasteiger partial charge in [0.1, 0.15) is 18.1 Å². The third-order valence-corrected chi connectivity index (χ3v) is 6.09. The summed E-state index contributed by atoms with van der Waals surface area (Å²) in [5, 5.41) is 0. The largest absolute Gasteiger partial charge is 0.497 e. The standard InChI is InChI=1S/C28H31NO2/c1-4-29(5-2)17-18-31-24-14-11-22(12-15-24)28-26(21-9-7-6-8-10-21)19-23-13-16-25(30-3)20-27(23)28/h6-16,20H,4-5,17-19H2,1-3H3. The molecule has 160 valence electrons. The first-order valence-corrected chi connectivity index (χ1v) is 11.1. The number of hydrogen-bond donors (Lipinski definition) is 0. The van der Waals surface area contributed by atoms with Gasteiger partial charge in [0.25, 0.3) is 0 Å². The lowest BCUT2D eigenvalue weighted by atomic mass is 9.94. The van der Waals surface area contributed by atoms with Gasteiger partial charge < -0.3 is 14.4 Å². The van der Waals surface area contributed by atoms with Gasteiger partial charge >= 0.3 is 0 Å². The van der Waals surface area contributed by atoms with E-state index >= 15 is 0 Å². The van der Waals surface area contributed by atoms with E-state index in [1.165, 1.54) is 33.4 Å². The van der Waals surface area contributed by atoms with Gasteiger partial charge in [0.2, 0.25) is 0 Å². The molecule has 4 rings (SSSR count). The first-order chi connectivity index (χ1) is 15.2. The monoisotopic (exact) mass is 413 g/mol. The molecule has 0 amide bonds. The lowest BCUT2D eigenvalue weighted by molar-refractivity contribution is 0.223. The Balaban J connectivity index is 1.64. The van der Waals surface area contributed by atoms with Crippen molar-refractivity contribution in [3.05, 3.63) is 95.1 Å². The van der Waals surface area contributed by atoms with E-state index in [-0.39, 0.29) is 0 Å². The molecular weight excluding hydrogens is 382 g/mol. The number of benzene rings is 3. The van der Waals surface area contributed by atoms with E-state index in [0.29, 0.717) is 6.61 Å². The zero-order valence-electron chi connectivity index (χ0n) is 18.7. The summed E-state index contributed by atoms with van der Waals surface area (Å²) in [6.45, 7) is 8.13. The lowest BCUT2D eigenvalue weighted by Gasteiger charge is -2.18. The van der Waals surface area contributed by atoms with Gasteiger partial charge in [-0.1, -0.05) is 62.4 Å². The molecule has 0 fully saturated rings. The number of hydrogen-bond acceptors (Lipinski definition) is 3. The van der Waals surface area contributed by atoms with Crippen molar-refractivity contribution in [2.24, 2.45) is 0 Å². The van der Waals surface area contributed by atoms with Crippen LogP contribution in [0.15, 0.2) is 72.8 Å². The zero-order chi connectivity index (χ0) is 21.6. The highest BCUT2D eigenvalue weighted by Gasteiger charge is 2.24. The summed E-state index contributed by atoms with van der Waals surface area (Å²) in [6, 6.07) is 25.6. The molecule has 31 heavy (non-hydrogen) atoms. The van der Waals surface area contributed by atoms with Crippen LogP contribution in [0.5, 0.6) is 11.5 Å². The van der Waals surface area contributed by atoms with E-state index < -0.39 is 0 Å². The molecule has 0 heterocycles. The Labute approximate surface area is 185 Å². The van der Waals surface area contributed by atoms with Crippen LogP contribution in [-0.2, 0) is 6.42 Å². The summed E-state index contributed by atoms with van der Waals surface area (Å²) in [5.41, 5.74) is 7.73. The molecule has 0 saturated heterocycles. The molecule has 1 aliphatic carbocycles. The van der Waals surface area contributed by atoms with Crippen molar-refractivity contribution < 1.29 is 9.47 Å². The fourth-order valence-electron chi connectivity index (χ4n) is 4.28. The molecule has 0 atom stereocenters. The molecule has 0 N–H and O–H groups in total. The third-order valence-electron chi connectivity index (χ3n) is 6.09. The fourth-order valence-corrected chi connectivity index (χ4v) is 4.28. The van der Waals surface area contributed by atoms with Crippen LogP contribution >= 0.6 is 0 Å². The molecule has 0 spiro atoms. The Morgan fingerprint density at radius 2 is 1.52 bits per heavy atom. The summed E-state index contributed by atoms with van der Waals surface area (Å²) >= 11 is 0. The minimum absolute atomic E-state index is 0.707. The molecular formula is C28H31NO2. The topological polar surface area (TPSA) is 21.7 Å². The Bertz CT molecular complexity index is 1030. The van der Waals surface area contributed by atoms with Gasteiger partial charge in [0.15, 0.2) is 0 Å². The molecule has 1 aliphatic rings. The first kappa shape index (κ1) is 21.2. The molecule has 3 aromatic carbocycles. The Kier molecular flexibility index (Phi) is 6.73. The van der Waals surface area contributed by atoms with Crippen LogP contribution in [0.1, 0.15) is 36.1 Å². The van der Waals surface area contributed by atoms with E-state index in [2.05, 4.69) is 91.5 Å². The summed E-state index contributed by atoms with van der Waals surface area (Å²) in [7, 11) is 1.72. The van der Waals surface area contributed by atoms with Crippen molar-refractivity contribution in [2.45, 2.75) is 20.3 Å². The number of rotatable bonds is 9. The molecule has 3 nitrogen and oxygen atoms in total. The quantitative estimate of drug-likeness (QED) is 0.434. The Hall–Kier alpha value is -3.04. The molecule has 3 heteroatoms. The van der Waals surface area contributed by atoms with Crippen molar-refractivity contribution in [1.29, 1.82) is 0 Å². The Morgan fingerprint density at radius 3 is 2.19 bits per heavy atom. The maximum Gasteiger partial charge on any atom is 0.119 e. The van der Waals surface area contributed by atoms with Crippen molar-refractivity contribution in [3.8, 4) is 11.5 Å². The summed E-state index contributed by atoms with van der Waals surface area (Å²) in [6.07, 6.45) is 0.931. The molecule has 0 bridgehead atoms. The minimum Gasteiger partial charge on any atom is -0.497 e. The maximum absolute atomic E-state index is 6.00. The number of ether oxygens (including phenoxy) is 2. The summed E-state index contributed by atoms with van der Waals surface area (Å²) in [4.78, 5) is 2.37. The van der Waals surface area contributed by atoms with Gasteiger partial charge in [-0.25, -0.2) is 0 Å². The molecule has 0 saturated carbocycles. The normalized spacial score (nSPS) is 12.9.